The van der Waals surface area contributed by atoms with E-state index in [-0.39, 0.29) is 5.89 Å². The molecular weight excluding hydrogens is 248 g/mol. The second-order valence-electron chi connectivity index (χ2n) is 3.89. The maximum absolute atomic E-state index is 10.6. The summed E-state index contributed by atoms with van der Waals surface area (Å²) in [7, 11) is 0. The van der Waals surface area contributed by atoms with Crippen molar-refractivity contribution in [3.63, 3.8) is 0 Å². The van der Waals surface area contributed by atoms with Crippen LogP contribution in [0.4, 0.5) is 0 Å². The number of carboxylic acids is 1. The van der Waals surface area contributed by atoms with Crippen molar-refractivity contribution < 1.29 is 19.1 Å². The Hall–Kier alpha value is -2.37. The second-order valence-corrected chi connectivity index (χ2v) is 3.89. The van der Waals surface area contributed by atoms with Crippen LogP contribution in [0.3, 0.4) is 0 Å². The highest BCUT2D eigenvalue weighted by Gasteiger charge is 2.12. The van der Waals surface area contributed by atoms with Crippen LogP contribution in [0.2, 0.25) is 0 Å². The summed E-state index contributed by atoms with van der Waals surface area (Å²) in [4.78, 5) is 10.6. The SMILES string of the molecule is CCOc1cccc(CCc2nnc(C(=O)O)o2)c1. The Morgan fingerprint density at radius 1 is 1.37 bits per heavy atom. The fourth-order valence-corrected chi connectivity index (χ4v) is 1.65. The zero-order valence-electron chi connectivity index (χ0n) is 10.5. The van der Waals surface area contributed by atoms with Gasteiger partial charge in [-0.15, -0.1) is 10.2 Å². The zero-order valence-corrected chi connectivity index (χ0v) is 10.5. The van der Waals surface area contributed by atoms with Gasteiger partial charge in [0.15, 0.2) is 0 Å². The molecule has 0 saturated carbocycles. The van der Waals surface area contributed by atoms with E-state index in [4.69, 9.17) is 14.3 Å². The van der Waals surface area contributed by atoms with E-state index >= 15 is 0 Å². The van der Waals surface area contributed by atoms with Gasteiger partial charge >= 0.3 is 11.9 Å². The number of aryl methyl sites for hydroxylation is 2. The topological polar surface area (TPSA) is 85.5 Å². The largest absolute Gasteiger partial charge is 0.494 e. The first-order valence-electron chi connectivity index (χ1n) is 5.96. The summed E-state index contributed by atoms with van der Waals surface area (Å²) in [6.45, 7) is 2.55. The van der Waals surface area contributed by atoms with Gasteiger partial charge in [-0.25, -0.2) is 4.79 Å². The number of hydrogen-bond donors (Lipinski definition) is 1. The number of nitrogens with zero attached hydrogens (tertiary/aromatic N) is 2. The first-order chi connectivity index (χ1) is 9.19. The van der Waals surface area contributed by atoms with E-state index in [1.54, 1.807) is 0 Å². The molecule has 0 aliphatic heterocycles. The lowest BCUT2D eigenvalue weighted by molar-refractivity contribution is 0.0651. The van der Waals surface area contributed by atoms with Gasteiger partial charge in [-0.3, -0.25) is 0 Å². The number of aromatic nitrogens is 2. The number of aromatic carboxylic acids is 1. The average molecular weight is 262 g/mol. The van der Waals surface area contributed by atoms with Crippen molar-refractivity contribution in [1.82, 2.24) is 10.2 Å². The molecule has 1 N–H and O–H groups in total. The Kier molecular flexibility index (Phi) is 4.12. The van der Waals surface area contributed by atoms with Gasteiger partial charge < -0.3 is 14.3 Å². The smallest absolute Gasteiger partial charge is 0.393 e. The highest BCUT2D eigenvalue weighted by Crippen LogP contribution is 2.15. The molecule has 0 spiro atoms. The van der Waals surface area contributed by atoms with Crippen LogP contribution in [-0.2, 0) is 12.8 Å². The Balaban J connectivity index is 1.97. The number of benzene rings is 1. The van der Waals surface area contributed by atoms with Crippen molar-refractivity contribution in [1.29, 1.82) is 0 Å². The molecule has 0 saturated heterocycles. The van der Waals surface area contributed by atoms with Gasteiger partial charge in [0.1, 0.15) is 5.75 Å². The van der Waals surface area contributed by atoms with Gasteiger partial charge in [-0.2, -0.15) is 0 Å². The van der Waals surface area contributed by atoms with E-state index in [9.17, 15) is 4.79 Å². The molecule has 0 fully saturated rings. The van der Waals surface area contributed by atoms with Crippen LogP contribution in [0.15, 0.2) is 28.7 Å². The summed E-state index contributed by atoms with van der Waals surface area (Å²) in [5.74, 6) is -0.453. The fourth-order valence-electron chi connectivity index (χ4n) is 1.65. The normalized spacial score (nSPS) is 10.4. The number of ether oxygens (including phenoxy) is 1. The number of carboxylic acid groups (broad SMARTS) is 1. The monoisotopic (exact) mass is 262 g/mol. The molecule has 2 aromatic rings. The molecule has 0 aliphatic carbocycles. The summed E-state index contributed by atoms with van der Waals surface area (Å²) >= 11 is 0. The molecule has 19 heavy (non-hydrogen) atoms. The lowest BCUT2D eigenvalue weighted by atomic mass is 10.1. The van der Waals surface area contributed by atoms with Crippen LogP contribution in [0.5, 0.6) is 5.75 Å². The van der Waals surface area contributed by atoms with E-state index in [1.165, 1.54) is 0 Å². The molecule has 1 heterocycles. The van der Waals surface area contributed by atoms with Crippen molar-refractivity contribution in [2.24, 2.45) is 0 Å². The summed E-state index contributed by atoms with van der Waals surface area (Å²) in [6, 6.07) is 7.72. The first kappa shape index (κ1) is 13.1. The third kappa shape index (κ3) is 3.54. The fraction of sp³-hybridized carbons (Fsp3) is 0.308. The van der Waals surface area contributed by atoms with E-state index in [0.717, 1.165) is 11.3 Å². The molecule has 6 nitrogen and oxygen atoms in total. The first-order valence-corrected chi connectivity index (χ1v) is 5.96. The van der Waals surface area contributed by atoms with Gasteiger partial charge in [0.05, 0.1) is 6.61 Å². The molecule has 0 atom stereocenters. The van der Waals surface area contributed by atoms with E-state index < -0.39 is 5.97 Å². The van der Waals surface area contributed by atoms with Crippen molar-refractivity contribution in [3.05, 3.63) is 41.6 Å². The van der Waals surface area contributed by atoms with Gasteiger partial charge in [0.25, 0.3) is 0 Å². The average Bonchev–Trinajstić information content (AvgIpc) is 2.86. The minimum Gasteiger partial charge on any atom is -0.494 e. The van der Waals surface area contributed by atoms with Gasteiger partial charge in [0, 0.05) is 6.42 Å². The molecule has 100 valence electrons. The number of rotatable bonds is 6. The van der Waals surface area contributed by atoms with Crippen molar-refractivity contribution in [3.8, 4) is 5.75 Å². The molecular formula is C13H14N2O4. The van der Waals surface area contributed by atoms with Crippen LogP contribution < -0.4 is 4.74 Å². The molecule has 0 amide bonds. The second kappa shape index (κ2) is 5.99. The van der Waals surface area contributed by atoms with E-state index in [2.05, 4.69) is 10.2 Å². The zero-order chi connectivity index (χ0) is 13.7. The minimum absolute atomic E-state index is 0.319. The Morgan fingerprint density at radius 2 is 2.21 bits per heavy atom. The minimum atomic E-state index is -1.21. The Labute approximate surface area is 110 Å². The maximum Gasteiger partial charge on any atom is 0.393 e. The van der Waals surface area contributed by atoms with Crippen molar-refractivity contribution in [2.45, 2.75) is 19.8 Å². The van der Waals surface area contributed by atoms with E-state index in [0.29, 0.717) is 25.3 Å². The summed E-state index contributed by atoms with van der Waals surface area (Å²) in [5, 5.41) is 15.8. The van der Waals surface area contributed by atoms with Crippen molar-refractivity contribution in [2.75, 3.05) is 6.61 Å². The quantitative estimate of drug-likeness (QED) is 0.856. The summed E-state index contributed by atoms with van der Waals surface area (Å²) in [5.41, 5.74) is 1.07. The van der Waals surface area contributed by atoms with Gasteiger partial charge in [-0.1, -0.05) is 12.1 Å². The molecule has 0 bridgehead atoms. The van der Waals surface area contributed by atoms with Gasteiger partial charge in [0.2, 0.25) is 5.89 Å². The number of carbonyl (C=O) groups is 1. The molecule has 0 unspecified atom stereocenters. The third-order valence-electron chi connectivity index (χ3n) is 2.49. The van der Waals surface area contributed by atoms with Crippen LogP contribution in [0.1, 0.15) is 29.1 Å². The number of hydrogen-bond acceptors (Lipinski definition) is 5. The van der Waals surface area contributed by atoms with Crippen molar-refractivity contribution >= 4 is 5.97 Å². The third-order valence-corrected chi connectivity index (χ3v) is 2.49. The van der Waals surface area contributed by atoms with Gasteiger partial charge in [-0.05, 0) is 31.0 Å². The Bertz CT molecular complexity index is 565. The molecule has 1 aromatic heterocycles. The molecule has 6 heteroatoms. The molecule has 0 radical (unpaired) electrons. The highest BCUT2D eigenvalue weighted by molar-refractivity contribution is 5.81. The highest BCUT2D eigenvalue weighted by atomic mass is 16.5. The van der Waals surface area contributed by atoms with Crippen LogP contribution in [0, 0.1) is 0 Å². The van der Waals surface area contributed by atoms with Crippen LogP contribution in [-0.4, -0.2) is 27.9 Å². The standard InChI is InChI=1S/C13H14N2O4/c1-2-18-10-5-3-4-9(8-10)6-7-11-14-15-12(19-11)13(16)17/h3-5,8H,2,6-7H2,1H3,(H,16,17). The lowest BCUT2D eigenvalue weighted by Crippen LogP contribution is -1.95. The lowest BCUT2D eigenvalue weighted by Gasteiger charge is -2.04. The predicted octanol–water partition coefficient (Wildman–Crippen LogP) is 1.95. The molecule has 1 aromatic carbocycles. The molecule has 2 rings (SSSR count). The van der Waals surface area contributed by atoms with E-state index in [1.807, 2.05) is 31.2 Å². The maximum atomic E-state index is 10.6. The predicted molar refractivity (Wildman–Crippen MR) is 66.3 cm³/mol. The summed E-state index contributed by atoms with van der Waals surface area (Å²) < 4.78 is 10.4. The summed E-state index contributed by atoms with van der Waals surface area (Å²) in [6.07, 6.45) is 1.18. The molecule has 0 aliphatic rings. The van der Waals surface area contributed by atoms with Crippen LogP contribution >= 0.6 is 0 Å². The van der Waals surface area contributed by atoms with Crippen LogP contribution in [0.25, 0.3) is 0 Å². The Morgan fingerprint density at radius 3 is 2.89 bits per heavy atom.